The lowest BCUT2D eigenvalue weighted by atomic mass is 9.77. The summed E-state index contributed by atoms with van der Waals surface area (Å²) in [5.41, 5.74) is -0.482. The summed E-state index contributed by atoms with van der Waals surface area (Å²) < 4.78 is 10.7. The largest absolute Gasteiger partial charge is 0.444 e. The average Bonchev–Trinajstić information content (AvgIpc) is 3.02. The van der Waals surface area contributed by atoms with E-state index in [0.29, 0.717) is 24.9 Å². The van der Waals surface area contributed by atoms with Crippen LogP contribution in [-0.2, 0) is 14.3 Å². The molecule has 0 radical (unpaired) electrons. The molecule has 2 heterocycles. The molecule has 2 amide bonds. The molecular formula is C22H42N2O4. The molecule has 0 N–H and O–H groups in total. The van der Waals surface area contributed by atoms with Crippen molar-refractivity contribution in [2.75, 3.05) is 40.4 Å². The highest BCUT2D eigenvalue weighted by atomic mass is 16.6. The zero-order valence-electron chi connectivity index (χ0n) is 19.3. The maximum absolute atomic E-state index is 12.8. The third kappa shape index (κ3) is 6.64. The van der Waals surface area contributed by atoms with Gasteiger partial charge in [0, 0.05) is 46.3 Å². The van der Waals surface area contributed by atoms with Crippen molar-refractivity contribution in [2.45, 2.75) is 66.4 Å². The molecule has 2 saturated heterocycles. The first-order chi connectivity index (χ1) is 13.1. The van der Waals surface area contributed by atoms with Gasteiger partial charge in [-0.1, -0.05) is 27.2 Å². The molecule has 0 saturated carbocycles. The van der Waals surface area contributed by atoms with Crippen LogP contribution in [0.4, 0.5) is 4.79 Å². The SMILES string of the molecule is CC.COCCCCC1C(=O)N(C)CC2CN(C(=O)OC(C)(C)C)CC2C1C. The summed E-state index contributed by atoms with van der Waals surface area (Å²) in [4.78, 5) is 29.0. The number of likely N-dealkylation sites (tertiary alicyclic amines) is 2. The molecule has 6 heteroatoms. The fourth-order valence-corrected chi connectivity index (χ4v) is 4.41. The summed E-state index contributed by atoms with van der Waals surface area (Å²) in [5, 5.41) is 0. The Labute approximate surface area is 171 Å². The van der Waals surface area contributed by atoms with Crippen LogP contribution in [0.1, 0.15) is 60.8 Å². The molecule has 2 rings (SSSR count). The number of amides is 2. The van der Waals surface area contributed by atoms with Gasteiger partial charge < -0.3 is 19.3 Å². The van der Waals surface area contributed by atoms with Crippen LogP contribution in [0.3, 0.4) is 0 Å². The molecular weight excluding hydrogens is 356 g/mol. The average molecular weight is 399 g/mol. The van der Waals surface area contributed by atoms with Gasteiger partial charge in [0.05, 0.1) is 0 Å². The number of carbonyl (C=O) groups excluding carboxylic acids is 2. The standard InChI is InChI=1S/C20H36N2O4.C2H6/c1-14-16(9-7-8-10-25-6)18(23)21(5)11-15-12-22(13-17(14)15)19(24)26-20(2,3)4;1-2/h14-17H,7-13H2,1-6H3;1-2H3. The Balaban J connectivity index is 0.00000190. The van der Waals surface area contributed by atoms with Crippen LogP contribution >= 0.6 is 0 Å². The van der Waals surface area contributed by atoms with Gasteiger partial charge in [0.15, 0.2) is 0 Å². The van der Waals surface area contributed by atoms with Gasteiger partial charge in [-0.2, -0.15) is 0 Å². The molecule has 0 aromatic carbocycles. The number of carbonyl (C=O) groups is 2. The van der Waals surface area contributed by atoms with Crippen molar-refractivity contribution < 1.29 is 19.1 Å². The van der Waals surface area contributed by atoms with Gasteiger partial charge in [-0.3, -0.25) is 4.79 Å². The molecule has 2 aliphatic heterocycles. The van der Waals surface area contributed by atoms with Crippen molar-refractivity contribution in [3.8, 4) is 0 Å². The van der Waals surface area contributed by atoms with E-state index in [4.69, 9.17) is 9.47 Å². The summed E-state index contributed by atoms with van der Waals surface area (Å²) in [6, 6.07) is 0. The van der Waals surface area contributed by atoms with Crippen LogP contribution < -0.4 is 0 Å². The molecule has 2 fully saturated rings. The molecule has 4 atom stereocenters. The van der Waals surface area contributed by atoms with Gasteiger partial charge in [0.25, 0.3) is 0 Å². The molecule has 164 valence electrons. The fraction of sp³-hybridized carbons (Fsp3) is 0.909. The minimum Gasteiger partial charge on any atom is -0.444 e. The molecule has 4 unspecified atom stereocenters. The number of fused-ring (bicyclic) bond motifs is 1. The molecule has 0 aromatic heterocycles. The van der Waals surface area contributed by atoms with E-state index in [1.165, 1.54) is 0 Å². The van der Waals surface area contributed by atoms with Gasteiger partial charge in [-0.15, -0.1) is 0 Å². The Hall–Kier alpha value is -1.30. The van der Waals surface area contributed by atoms with Crippen molar-refractivity contribution in [3.05, 3.63) is 0 Å². The van der Waals surface area contributed by atoms with Gasteiger partial charge in [-0.25, -0.2) is 4.79 Å². The van der Waals surface area contributed by atoms with Gasteiger partial charge in [0.2, 0.25) is 5.91 Å². The molecule has 0 aliphatic carbocycles. The highest BCUT2D eigenvalue weighted by Crippen LogP contribution is 2.39. The summed E-state index contributed by atoms with van der Waals surface area (Å²) in [6.07, 6.45) is 2.64. The third-order valence-electron chi connectivity index (χ3n) is 5.77. The van der Waals surface area contributed by atoms with Crippen molar-refractivity contribution in [3.63, 3.8) is 0 Å². The number of hydrogen-bond acceptors (Lipinski definition) is 4. The second kappa shape index (κ2) is 11.0. The number of rotatable bonds is 5. The monoisotopic (exact) mass is 398 g/mol. The van der Waals surface area contributed by atoms with Crippen LogP contribution in [0, 0.1) is 23.7 Å². The van der Waals surface area contributed by atoms with Crippen LogP contribution in [0.5, 0.6) is 0 Å². The zero-order valence-corrected chi connectivity index (χ0v) is 19.3. The first-order valence-corrected chi connectivity index (χ1v) is 10.9. The van der Waals surface area contributed by atoms with Crippen LogP contribution in [0.15, 0.2) is 0 Å². The lowest BCUT2D eigenvalue weighted by Gasteiger charge is -2.28. The molecule has 0 spiro atoms. The van der Waals surface area contributed by atoms with Crippen molar-refractivity contribution in [1.82, 2.24) is 9.80 Å². The molecule has 6 nitrogen and oxygen atoms in total. The lowest BCUT2D eigenvalue weighted by molar-refractivity contribution is -0.135. The highest BCUT2D eigenvalue weighted by molar-refractivity contribution is 5.79. The topological polar surface area (TPSA) is 59.1 Å². The molecule has 2 aliphatic rings. The Morgan fingerprint density at radius 3 is 2.36 bits per heavy atom. The van der Waals surface area contributed by atoms with Gasteiger partial charge in [0.1, 0.15) is 5.60 Å². The zero-order chi connectivity index (χ0) is 21.5. The summed E-state index contributed by atoms with van der Waals surface area (Å²) in [7, 11) is 3.61. The first-order valence-electron chi connectivity index (χ1n) is 10.9. The Kier molecular flexibility index (Phi) is 9.75. The number of unbranched alkanes of at least 4 members (excludes halogenated alkanes) is 1. The third-order valence-corrected chi connectivity index (χ3v) is 5.77. The van der Waals surface area contributed by atoms with E-state index >= 15 is 0 Å². The van der Waals surface area contributed by atoms with E-state index in [9.17, 15) is 9.59 Å². The molecule has 0 bridgehead atoms. The summed E-state index contributed by atoms with van der Waals surface area (Å²) in [5.74, 6) is 1.24. The van der Waals surface area contributed by atoms with E-state index in [1.54, 1.807) is 7.11 Å². The first kappa shape index (κ1) is 24.7. The normalized spacial score (nSPS) is 27.6. The van der Waals surface area contributed by atoms with E-state index < -0.39 is 5.60 Å². The van der Waals surface area contributed by atoms with Crippen LogP contribution in [-0.4, -0.2) is 67.8 Å². The Bertz CT molecular complexity index is 503. The second-order valence-electron chi connectivity index (χ2n) is 8.98. The molecule has 28 heavy (non-hydrogen) atoms. The highest BCUT2D eigenvalue weighted by Gasteiger charge is 2.46. The lowest BCUT2D eigenvalue weighted by Crippen LogP contribution is -2.39. The van der Waals surface area contributed by atoms with Crippen molar-refractivity contribution in [1.29, 1.82) is 0 Å². The van der Waals surface area contributed by atoms with E-state index in [2.05, 4.69) is 6.92 Å². The summed E-state index contributed by atoms with van der Waals surface area (Å²) >= 11 is 0. The summed E-state index contributed by atoms with van der Waals surface area (Å²) in [6.45, 7) is 14.7. The molecule has 0 aromatic rings. The number of nitrogens with zero attached hydrogens (tertiary/aromatic N) is 2. The predicted molar refractivity (Wildman–Crippen MR) is 112 cm³/mol. The minimum atomic E-state index is -0.482. The van der Waals surface area contributed by atoms with E-state index in [-0.39, 0.29) is 23.8 Å². The number of ether oxygens (including phenoxy) is 2. The van der Waals surface area contributed by atoms with Crippen LogP contribution in [0.25, 0.3) is 0 Å². The maximum atomic E-state index is 12.8. The van der Waals surface area contributed by atoms with E-state index in [1.807, 2.05) is 51.5 Å². The van der Waals surface area contributed by atoms with Crippen molar-refractivity contribution >= 4 is 12.0 Å². The minimum absolute atomic E-state index is 0.0328. The smallest absolute Gasteiger partial charge is 0.410 e. The van der Waals surface area contributed by atoms with E-state index in [0.717, 1.165) is 32.4 Å². The maximum Gasteiger partial charge on any atom is 0.410 e. The number of hydrogen-bond donors (Lipinski definition) is 0. The Morgan fingerprint density at radius 1 is 1.14 bits per heavy atom. The van der Waals surface area contributed by atoms with Crippen LogP contribution in [0.2, 0.25) is 0 Å². The van der Waals surface area contributed by atoms with Gasteiger partial charge >= 0.3 is 6.09 Å². The predicted octanol–water partition coefficient (Wildman–Crippen LogP) is 4.04. The van der Waals surface area contributed by atoms with Gasteiger partial charge in [-0.05, 0) is 51.4 Å². The van der Waals surface area contributed by atoms with Crippen molar-refractivity contribution in [2.24, 2.45) is 23.7 Å². The quantitative estimate of drug-likeness (QED) is 0.656. The fourth-order valence-electron chi connectivity index (χ4n) is 4.41. The Morgan fingerprint density at radius 2 is 1.79 bits per heavy atom. The second-order valence-corrected chi connectivity index (χ2v) is 8.98. The number of methoxy groups -OCH3 is 1.